The van der Waals surface area contributed by atoms with Crippen molar-refractivity contribution in [2.75, 3.05) is 0 Å². The number of sulfonamides is 1. The fourth-order valence-corrected chi connectivity index (χ4v) is 2.69. The summed E-state index contributed by atoms with van der Waals surface area (Å²) in [6, 6.07) is 6.04. The lowest BCUT2D eigenvalue weighted by molar-refractivity contribution is 0.581. The molecule has 0 fully saturated rings. The van der Waals surface area contributed by atoms with Gasteiger partial charge >= 0.3 is 0 Å². The molecule has 1 aromatic heterocycles. The second-order valence-electron chi connectivity index (χ2n) is 3.98. The van der Waals surface area contributed by atoms with Crippen molar-refractivity contribution < 1.29 is 8.42 Å². The van der Waals surface area contributed by atoms with Crippen molar-refractivity contribution in [3.63, 3.8) is 0 Å². The summed E-state index contributed by atoms with van der Waals surface area (Å²) < 4.78 is 28.3. The molecule has 1 N–H and O–H groups in total. The van der Waals surface area contributed by atoms with Gasteiger partial charge in [-0.05, 0) is 31.2 Å². The highest BCUT2D eigenvalue weighted by Gasteiger charge is 2.13. The summed E-state index contributed by atoms with van der Waals surface area (Å²) in [5, 5.41) is 4.59. The van der Waals surface area contributed by atoms with Gasteiger partial charge < -0.3 is 0 Å². The van der Waals surface area contributed by atoms with Crippen LogP contribution in [0.4, 0.5) is 0 Å². The fourth-order valence-electron chi connectivity index (χ4n) is 1.55. The van der Waals surface area contributed by atoms with Gasteiger partial charge in [0.1, 0.15) is 0 Å². The number of nitrogens with zero attached hydrogens (tertiary/aromatic N) is 2. The Kier molecular flexibility index (Phi) is 4.24. The second-order valence-corrected chi connectivity index (χ2v) is 6.19. The Morgan fingerprint density at radius 2 is 2.00 bits per heavy atom. The molecule has 19 heavy (non-hydrogen) atoms. The molecule has 7 heteroatoms. The van der Waals surface area contributed by atoms with Crippen LogP contribution < -0.4 is 4.72 Å². The third kappa shape index (κ3) is 3.56. The molecule has 0 spiro atoms. The fraction of sp³-hybridized carbons (Fsp3) is 0.250. The first-order valence-electron chi connectivity index (χ1n) is 5.78. The van der Waals surface area contributed by atoms with Gasteiger partial charge in [-0.15, -0.1) is 0 Å². The molecule has 0 saturated carbocycles. The van der Waals surface area contributed by atoms with Gasteiger partial charge in [0.25, 0.3) is 0 Å². The van der Waals surface area contributed by atoms with E-state index in [1.165, 1.54) is 12.1 Å². The maximum Gasteiger partial charge on any atom is 0.240 e. The van der Waals surface area contributed by atoms with Gasteiger partial charge in [0.2, 0.25) is 10.0 Å². The normalized spacial score (nSPS) is 11.7. The van der Waals surface area contributed by atoms with E-state index in [9.17, 15) is 8.42 Å². The minimum atomic E-state index is -3.52. The first kappa shape index (κ1) is 14.0. The third-order valence-electron chi connectivity index (χ3n) is 2.60. The molecule has 0 aliphatic carbocycles. The molecule has 102 valence electrons. The Balaban J connectivity index is 2.07. The summed E-state index contributed by atoms with van der Waals surface area (Å²) in [5.74, 6) is 0. The zero-order valence-corrected chi connectivity index (χ0v) is 11.9. The quantitative estimate of drug-likeness (QED) is 0.919. The third-order valence-corrected chi connectivity index (χ3v) is 4.27. The highest BCUT2D eigenvalue weighted by Crippen LogP contribution is 2.14. The molecule has 1 heterocycles. The Bertz CT molecular complexity index is 650. The second kappa shape index (κ2) is 5.73. The number of halogens is 1. The van der Waals surface area contributed by atoms with E-state index < -0.39 is 10.0 Å². The lowest BCUT2D eigenvalue weighted by Crippen LogP contribution is -2.22. The highest BCUT2D eigenvalue weighted by molar-refractivity contribution is 7.89. The van der Waals surface area contributed by atoms with Crippen LogP contribution in [-0.2, 0) is 23.1 Å². The van der Waals surface area contributed by atoms with E-state index in [0.717, 1.165) is 12.1 Å². The molecule has 0 bridgehead atoms. The van der Waals surface area contributed by atoms with Gasteiger partial charge in [0, 0.05) is 29.9 Å². The summed E-state index contributed by atoms with van der Waals surface area (Å²) in [7, 11) is -3.52. The number of benzene rings is 1. The largest absolute Gasteiger partial charge is 0.273 e. The highest BCUT2D eigenvalue weighted by atomic mass is 35.5. The Morgan fingerprint density at radius 3 is 2.58 bits per heavy atom. The molecular formula is C12H14ClN3O2S. The average Bonchev–Trinajstić information content (AvgIpc) is 2.85. The first-order chi connectivity index (χ1) is 9.01. The van der Waals surface area contributed by atoms with Crippen LogP contribution in [0, 0.1) is 0 Å². The maximum atomic E-state index is 12.0. The smallest absolute Gasteiger partial charge is 0.240 e. The zero-order valence-electron chi connectivity index (χ0n) is 10.4. The monoisotopic (exact) mass is 299 g/mol. The van der Waals surface area contributed by atoms with E-state index >= 15 is 0 Å². The number of rotatable bonds is 5. The van der Waals surface area contributed by atoms with E-state index in [2.05, 4.69) is 9.82 Å². The number of hydrogen-bond acceptors (Lipinski definition) is 3. The molecule has 5 nitrogen and oxygen atoms in total. The lowest BCUT2D eigenvalue weighted by atomic mass is 10.4. The minimum Gasteiger partial charge on any atom is -0.273 e. The van der Waals surface area contributed by atoms with E-state index in [1.54, 1.807) is 23.0 Å². The van der Waals surface area contributed by atoms with Crippen LogP contribution in [-0.4, -0.2) is 18.2 Å². The van der Waals surface area contributed by atoms with Crippen molar-refractivity contribution in [1.82, 2.24) is 14.5 Å². The van der Waals surface area contributed by atoms with Gasteiger partial charge in [-0.2, -0.15) is 5.10 Å². The Hall–Kier alpha value is -1.37. The lowest BCUT2D eigenvalue weighted by Gasteiger charge is -2.05. The number of nitrogens with one attached hydrogen (secondary N) is 1. The first-order valence-corrected chi connectivity index (χ1v) is 7.64. The van der Waals surface area contributed by atoms with E-state index in [1.807, 2.05) is 13.1 Å². The zero-order chi connectivity index (χ0) is 13.9. The molecule has 0 unspecified atom stereocenters. The van der Waals surface area contributed by atoms with Crippen LogP contribution in [0.2, 0.25) is 5.02 Å². The van der Waals surface area contributed by atoms with Crippen molar-refractivity contribution in [1.29, 1.82) is 0 Å². The standard InChI is InChI=1S/C12H14ClN3O2S/c1-2-16-9-10(7-14-16)8-15-19(17,18)12-5-3-11(13)4-6-12/h3-7,9,15H,2,8H2,1H3. The summed E-state index contributed by atoms with van der Waals surface area (Å²) >= 11 is 5.73. The molecule has 0 saturated heterocycles. The maximum absolute atomic E-state index is 12.0. The van der Waals surface area contributed by atoms with Crippen LogP contribution in [0.25, 0.3) is 0 Å². The van der Waals surface area contributed by atoms with E-state index in [0.29, 0.717) is 5.02 Å². The van der Waals surface area contributed by atoms with Gasteiger partial charge in [-0.3, -0.25) is 4.68 Å². The molecule has 0 aliphatic heterocycles. The summed E-state index contributed by atoms with van der Waals surface area (Å²) in [6.45, 7) is 2.93. The molecule has 0 atom stereocenters. The molecule has 2 rings (SSSR count). The van der Waals surface area contributed by atoms with Crippen molar-refractivity contribution in [2.24, 2.45) is 0 Å². The minimum absolute atomic E-state index is 0.194. The SMILES string of the molecule is CCn1cc(CNS(=O)(=O)c2ccc(Cl)cc2)cn1. The molecule has 0 amide bonds. The number of hydrogen-bond donors (Lipinski definition) is 1. The van der Waals surface area contributed by atoms with Crippen LogP contribution >= 0.6 is 11.6 Å². The van der Waals surface area contributed by atoms with Crippen molar-refractivity contribution in [3.05, 3.63) is 47.2 Å². The van der Waals surface area contributed by atoms with Crippen molar-refractivity contribution in [3.8, 4) is 0 Å². The predicted molar refractivity (Wildman–Crippen MR) is 73.4 cm³/mol. The van der Waals surface area contributed by atoms with Crippen LogP contribution in [0.5, 0.6) is 0 Å². The van der Waals surface area contributed by atoms with Gasteiger partial charge in [-0.25, -0.2) is 13.1 Å². The van der Waals surface area contributed by atoms with Gasteiger partial charge in [0.05, 0.1) is 11.1 Å². The Labute approximate surface area is 117 Å². The van der Waals surface area contributed by atoms with E-state index in [-0.39, 0.29) is 11.4 Å². The summed E-state index contributed by atoms with van der Waals surface area (Å²) in [6.07, 6.45) is 3.46. The van der Waals surface area contributed by atoms with Crippen LogP contribution in [0.1, 0.15) is 12.5 Å². The number of aryl methyl sites for hydroxylation is 1. The molecule has 2 aromatic rings. The van der Waals surface area contributed by atoms with Gasteiger partial charge in [-0.1, -0.05) is 11.6 Å². The summed E-state index contributed by atoms with van der Waals surface area (Å²) in [4.78, 5) is 0.194. The van der Waals surface area contributed by atoms with Gasteiger partial charge in [0.15, 0.2) is 0 Å². The van der Waals surface area contributed by atoms with Crippen LogP contribution in [0.15, 0.2) is 41.6 Å². The topological polar surface area (TPSA) is 64.0 Å². The van der Waals surface area contributed by atoms with Crippen molar-refractivity contribution >= 4 is 21.6 Å². The summed E-state index contributed by atoms with van der Waals surface area (Å²) in [5.41, 5.74) is 0.819. The Morgan fingerprint density at radius 1 is 1.32 bits per heavy atom. The average molecular weight is 300 g/mol. The molecule has 0 aliphatic rings. The predicted octanol–water partition coefficient (Wildman–Crippen LogP) is 2.03. The van der Waals surface area contributed by atoms with E-state index in [4.69, 9.17) is 11.6 Å². The van der Waals surface area contributed by atoms with Crippen molar-refractivity contribution in [2.45, 2.75) is 24.9 Å². The van der Waals surface area contributed by atoms with Crippen LogP contribution in [0.3, 0.4) is 0 Å². The molecule has 1 aromatic carbocycles. The number of aromatic nitrogens is 2. The molecule has 0 radical (unpaired) electrons. The molecular weight excluding hydrogens is 286 g/mol.